The zero-order chi connectivity index (χ0) is 26.5. The van der Waals surface area contributed by atoms with Gasteiger partial charge in [-0.3, -0.25) is 0 Å². The molecule has 2 heterocycles. The number of aryl methyl sites for hydroxylation is 1. The van der Waals surface area contributed by atoms with Gasteiger partial charge in [-0.05, 0) is 68.3 Å². The van der Waals surface area contributed by atoms with Crippen LogP contribution in [0.3, 0.4) is 0 Å². The summed E-state index contributed by atoms with van der Waals surface area (Å²) >= 11 is 1.38. The van der Waals surface area contributed by atoms with E-state index in [9.17, 15) is 4.79 Å². The Labute approximate surface area is 230 Å². The number of nitrogens with one attached hydrogen (secondary N) is 1. The van der Waals surface area contributed by atoms with Gasteiger partial charge in [0.2, 0.25) is 0 Å². The summed E-state index contributed by atoms with van der Waals surface area (Å²) in [5, 5.41) is 5.43. The van der Waals surface area contributed by atoms with Crippen molar-refractivity contribution in [2.75, 3.05) is 11.9 Å². The molecule has 1 N–H and O–H groups in total. The fourth-order valence-corrected chi connectivity index (χ4v) is 6.14. The number of benzene rings is 2. The number of carbonyl (C=O) groups is 1. The molecule has 6 heteroatoms. The minimum atomic E-state index is -0.744. The third-order valence-corrected chi connectivity index (χ3v) is 8.62. The lowest BCUT2D eigenvalue weighted by molar-refractivity contribution is -0.141. The van der Waals surface area contributed by atoms with Crippen molar-refractivity contribution in [3.63, 3.8) is 0 Å². The van der Waals surface area contributed by atoms with E-state index < -0.39 is 17.8 Å². The van der Waals surface area contributed by atoms with Crippen LogP contribution < -0.4 is 10.1 Å². The van der Waals surface area contributed by atoms with Gasteiger partial charge in [-0.1, -0.05) is 68.0 Å². The van der Waals surface area contributed by atoms with Crippen LogP contribution in [0.2, 0.25) is 0 Å². The Hall–Kier alpha value is -2.83. The molecule has 1 saturated carbocycles. The van der Waals surface area contributed by atoms with Gasteiger partial charge in [0.05, 0.1) is 0 Å². The lowest BCUT2D eigenvalue weighted by Gasteiger charge is -2.44. The minimum Gasteiger partial charge on any atom is -0.483 e. The first kappa shape index (κ1) is 26.8. The average molecular weight is 534 g/mol. The highest BCUT2D eigenvalue weighted by molar-refractivity contribution is 7.11. The first-order chi connectivity index (χ1) is 18.4. The Balaban J connectivity index is 1.38. The fraction of sp³-hybridized carbons (Fsp3) is 0.469. The minimum absolute atomic E-state index is 0.334. The van der Waals surface area contributed by atoms with Crippen molar-refractivity contribution in [1.29, 1.82) is 0 Å². The number of hydrogen-bond donors (Lipinski definition) is 1. The number of esters is 1. The van der Waals surface area contributed by atoms with Crippen LogP contribution in [0.4, 0.5) is 5.69 Å². The van der Waals surface area contributed by atoms with Crippen LogP contribution in [-0.2, 0) is 16.0 Å². The Morgan fingerprint density at radius 3 is 2.61 bits per heavy atom. The van der Waals surface area contributed by atoms with Gasteiger partial charge in [0, 0.05) is 24.4 Å². The molecule has 1 aromatic heterocycles. The van der Waals surface area contributed by atoms with E-state index in [1.165, 1.54) is 54.6 Å². The second kappa shape index (κ2) is 11.9. The Bertz CT molecular complexity index is 1200. The molecule has 0 amide bonds. The van der Waals surface area contributed by atoms with Crippen molar-refractivity contribution in [2.24, 2.45) is 5.92 Å². The van der Waals surface area contributed by atoms with E-state index >= 15 is 0 Å². The van der Waals surface area contributed by atoms with Crippen molar-refractivity contribution >= 4 is 23.0 Å². The smallest absolute Gasteiger partial charge is 0.348 e. The zero-order valence-corrected chi connectivity index (χ0v) is 23.5. The van der Waals surface area contributed by atoms with E-state index in [0.717, 1.165) is 30.0 Å². The molecule has 3 aromatic rings. The number of fused-ring (bicyclic) bond motifs is 1. The molecule has 0 saturated heterocycles. The predicted molar refractivity (Wildman–Crippen MR) is 153 cm³/mol. The molecule has 0 radical (unpaired) electrons. The maximum atomic E-state index is 13.1. The van der Waals surface area contributed by atoms with E-state index in [1.54, 1.807) is 6.07 Å². The summed E-state index contributed by atoms with van der Waals surface area (Å²) in [6.45, 7) is 7.40. The largest absolute Gasteiger partial charge is 0.483 e. The van der Waals surface area contributed by atoms with Gasteiger partial charge in [0.25, 0.3) is 0 Å². The predicted octanol–water partition coefficient (Wildman–Crippen LogP) is 8.09. The van der Waals surface area contributed by atoms with Gasteiger partial charge < -0.3 is 19.5 Å². The molecule has 2 atom stereocenters. The maximum absolute atomic E-state index is 13.1. The van der Waals surface area contributed by atoms with E-state index in [2.05, 4.69) is 42.6 Å². The van der Waals surface area contributed by atoms with Crippen LogP contribution in [0.1, 0.15) is 84.8 Å². The molecule has 5 rings (SSSR count). The molecule has 1 aliphatic carbocycles. The Kier molecular flexibility index (Phi) is 8.39. The maximum Gasteiger partial charge on any atom is 0.348 e. The topological polar surface area (TPSA) is 56.8 Å². The van der Waals surface area contributed by atoms with Crippen molar-refractivity contribution in [2.45, 2.75) is 83.6 Å². The quantitative estimate of drug-likeness (QED) is 0.282. The lowest BCUT2D eigenvalue weighted by atomic mass is 9.86. The molecule has 1 fully saturated rings. The molecule has 2 unspecified atom stereocenters. The highest BCUT2D eigenvalue weighted by Gasteiger charge is 2.47. The van der Waals surface area contributed by atoms with Crippen LogP contribution in [-0.4, -0.2) is 24.3 Å². The molecule has 202 valence electrons. The van der Waals surface area contributed by atoms with Gasteiger partial charge in [-0.2, -0.15) is 0 Å². The first-order valence-corrected chi connectivity index (χ1v) is 14.8. The first-order valence-electron chi connectivity index (χ1n) is 13.9. The van der Waals surface area contributed by atoms with Crippen LogP contribution >= 0.6 is 11.3 Å². The molecular formula is C32H39NO4S. The second-order valence-corrected chi connectivity index (χ2v) is 12.1. The number of anilines is 1. The van der Waals surface area contributed by atoms with Crippen LogP contribution in [0.15, 0.2) is 60.0 Å². The molecule has 38 heavy (non-hydrogen) atoms. The molecule has 2 aromatic carbocycles. The van der Waals surface area contributed by atoms with E-state index in [0.29, 0.717) is 17.4 Å². The van der Waals surface area contributed by atoms with E-state index in [4.69, 9.17) is 14.2 Å². The van der Waals surface area contributed by atoms with Crippen molar-refractivity contribution < 1.29 is 19.0 Å². The summed E-state index contributed by atoms with van der Waals surface area (Å²) in [6.07, 6.45) is 6.57. The Morgan fingerprint density at radius 1 is 1.08 bits per heavy atom. The second-order valence-electron chi connectivity index (χ2n) is 11.2. The molecule has 1 aliphatic heterocycles. The number of hydrogen-bond acceptors (Lipinski definition) is 6. The van der Waals surface area contributed by atoms with Crippen molar-refractivity contribution in [3.8, 4) is 5.75 Å². The fourth-order valence-electron chi connectivity index (χ4n) is 5.54. The van der Waals surface area contributed by atoms with Gasteiger partial charge >= 0.3 is 5.97 Å². The summed E-state index contributed by atoms with van der Waals surface area (Å²) in [6, 6.07) is 18.3. The number of thiophene rings is 1. The standard InChI is InChI=1S/C32H39NO4S/c1-22-11-13-24(14-12-22)21-33-25-15-16-27-26(20-25)29(35-18-17-23-8-5-4-6-9-23)30(32(2,3)37-27)36-31(34)28-10-7-19-38-28/h7,10-16,19-20,23,29-30,33H,4-6,8-9,17-18,21H2,1-3H3. The van der Waals surface area contributed by atoms with Gasteiger partial charge in [0.15, 0.2) is 6.10 Å². The number of carbonyl (C=O) groups excluding carboxylic acids is 1. The highest BCUT2D eigenvalue weighted by atomic mass is 32.1. The van der Waals surface area contributed by atoms with E-state index in [-0.39, 0.29) is 5.97 Å². The summed E-state index contributed by atoms with van der Waals surface area (Å²) in [4.78, 5) is 13.6. The summed E-state index contributed by atoms with van der Waals surface area (Å²) in [5.41, 5.74) is 3.63. The van der Waals surface area contributed by atoms with Crippen LogP contribution in [0.25, 0.3) is 0 Å². The summed E-state index contributed by atoms with van der Waals surface area (Å²) < 4.78 is 19.2. The molecule has 2 aliphatic rings. The highest BCUT2D eigenvalue weighted by Crippen LogP contribution is 2.45. The van der Waals surface area contributed by atoms with Crippen LogP contribution in [0.5, 0.6) is 5.75 Å². The van der Waals surface area contributed by atoms with E-state index in [1.807, 2.05) is 37.4 Å². The molecular weight excluding hydrogens is 494 g/mol. The van der Waals surface area contributed by atoms with Crippen molar-refractivity contribution in [1.82, 2.24) is 0 Å². The monoisotopic (exact) mass is 533 g/mol. The van der Waals surface area contributed by atoms with Gasteiger partial charge in [0.1, 0.15) is 22.3 Å². The average Bonchev–Trinajstić information content (AvgIpc) is 3.46. The Morgan fingerprint density at radius 2 is 1.87 bits per heavy atom. The molecule has 0 spiro atoms. The normalized spacial score (nSPS) is 20.8. The lowest BCUT2D eigenvalue weighted by Crippen LogP contribution is -2.51. The SMILES string of the molecule is Cc1ccc(CNc2ccc3c(c2)C(OCCC2CCCCC2)C(OC(=O)c2cccs2)C(C)(C)O3)cc1. The van der Waals surface area contributed by atoms with Gasteiger partial charge in [-0.15, -0.1) is 11.3 Å². The number of rotatable bonds is 9. The summed E-state index contributed by atoms with van der Waals surface area (Å²) in [7, 11) is 0. The van der Waals surface area contributed by atoms with Gasteiger partial charge in [-0.25, -0.2) is 4.79 Å². The third kappa shape index (κ3) is 6.41. The molecule has 5 nitrogen and oxygen atoms in total. The zero-order valence-electron chi connectivity index (χ0n) is 22.7. The number of ether oxygens (including phenoxy) is 3. The van der Waals surface area contributed by atoms with Crippen molar-refractivity contribution in [3.05, 3.63) is 81.5 Å². The molecule has 0 bridgehead atoms. The third-order valence-electron chi connectivity index (χ3n) is 7.77. The van der Waals surface area contributed by atoms with Crippen LogP contribution in [0, 0.1) is 12.8 Å². The summed E-state index contributed by atoms with van der Waals surface area (Å²) in [5.74, 6) is 1.16.